The fourth-order valence-electron chi connectivity index (χ4n) is 3.55. The van der Waals surface area contributed by atoms with E-state index in [2.05, 4.69) is 80.4 Å². The highest BCUT2D eigenvalue weighted by atomic mass is 15.0. The normalized spacial score (nSPS) is 16.9. The minimum Gasteiger partial charge on any atom is -0.376 e. The van der Waals surface area contributed by atoms with Gasteiger partial charge in [-0.2, -0.15) is 0 Å². The summed E-state index contributed by atoms with van der Waals surface area (Å²) in [5.74, 6) is 0. The predicted octanol–water partition coefficient (Wildman–Crippen LogP) is 6.24. The third-order valence-corrected chi connectivity index (χ3v) is 4.87. The van der Waals surface area contributed by atoms with E-state index in [0.29, 0.717) is 0 Å². The maximum Gasteiger partial charge on any atom is 0.0525 e. The van der Waals surface area contributed by atoms with Crippen LogP contribution < -0.4 is 5.32 Å². The lowest BCUT2D eigenvalue weighted by molar-refractivity contribution is 0.447. The molecule has 0 amide bonds. The van der Waals surface area contributed by atoms with E-state index in [0.717, 1.165) is 25.7 Å². The summed E-state index contributed by atoms with van der Waals surface area (Å²) >= 11 is 0. The van der Waals surface area contributed by atoms with Crippen molar-refractivity contribution in [2.75, 3.05) is 0 Å². The van der Waals surface area contributed by atoms with Gasteiger partial charge in [0.05, 0.1) is 5.54 Å². The first-order valence-electron chi connectivity index (χ1n) is 8.97. The first kappa shape index (κ1) is 16.6. The van der Waals surface area contributed by atoms with E-state index in [-0.39, 0.29) is 5.54 Å². The van der Waals surface area contributed by atoms with Crippen molar-refractivity contribution in [2.45, 2.75) is 45.1 Å². The van der Waals surface area contributed by atoms with Crippen LogP contribution in [0, 0.1) is 0 Å². The molecular weight excluding hydrogens is 290 g/mol. The van der Waals surface area contributed by atoms with Gasteiger partial charge >= 0.3 is 0 Å². The molecule has 1 aliphatic rings. The second-order valence-electron chi connectivity index (χ2n) is 6.84. The van der Waals surface area contributed by atoms with E-state index in [4.69, 9.17) is 0 Å². The first-order chi connectivity index (χ1) is 11.7. The number of nitrogens with one attached hydrogen (secondary N) is 1. The molecule has 0 fully saturated rings. The van der Waals surface area contributed by atoms with Gasteiger partial charge in [0.2, 0.25) is 0 Å². The predicted molar refractivity (Wildman–Crippen MR) is 106 cm³/mol. The van der Waals surface area contributed by atoms with Crippen LogP contribution >= 0.6 is 0 Å². The van der Waals surface area contributed by atoms with Crippen molar-refractivity contribution in [3.05, 3.63) is 78.5 Å². The van der Waals surface area contributed by atoms with E-state index in [1.165, 1.54) is 27.6 Å². The average Bonchev–Trinajstić information content (AvgIpc) is 2.62. The van der Waals surface area contributed by atoms with Crippen LogP contribution in [0.4, 0.5) is 0 Å². The Balaban J connectivity index is 2.01. The third kappa shape index (κ3) is 3.31. The van der Waals surface area contributed by atoms with Crippen molar-refractivity contribution in [1.82, 2.24) is 5.32 Å². The fraction of sp³-hybridized carbons (Fsp3) is 0.304. The minimum atomic E-state index is -0.0679. The van der Waals surface area contributed by atoms with E-state index in [9.17, 15) is 0 Å². The van der Waals surface area contributed by atoms with Crippen molar-refractivity contribution in [2.24, 2.45) is 0 Å². The van der Waals surface area contributed by atoms with Crippen LogP contribution in [0.3, 0.4) is 0 Å². The molecular formula is C23H27N. The second-order valence-corrected chi connectivity index (χ2v) is 6.84. The van der Waals surface area contributed by atoms with E-state index >= 15 is 0 Å². The van der Waals surface area contributed by atoms with Crippen LogP contribution in [-0.4, -0.2) is 5.54 Å². The van der Waals surface area contributed by atoms with E-state index < -0.39 is 0 Å². The molecule has 1 unspecified atom stereocenters. The molecule has 0 bridgehead atoms. The summed E-state index contributed by atoms with van der Waals surface area (Å²) in [6.07, 6.45) is 11.2. The summed E-state index contributed by atoms with van der Waals surface area (Å²) < 4.78 is 0. The van der Waals surface area contributed by atoms with Gasteiger partial charge in [0.25, 0.3) is 0 Å². The largest absolute Gasteiger partial charge is 0.376 e. The Morgan fingerprint density at radius 1 is 1.08 bits per heavy atom. The highest BCUT2D eigenvalue weighted by Gasteiger charge is 2.23. The Morgan fingerprint density at radius 3 is 2.62 bits per heavy atom. The maximum absolute atomic E-state index is 4.06. The first-order valence-corrected chi connectivity index (χ1v) is 8.97. The van der Waals surface area contributed by atoms with Crippen LogP contribution in [0.1, 0.15) is 45.1 Å². The summed E-state index contributed by atoms with van der Waals surface area (Å²) in [6, 6.07) is 15.2. The lowest BCUT2D eigenvalue weighted by Gasteiger charge is -2.32. The molecule has 2 aromatic carbocycles. The van der Waals surface area contributed by atoms with Crippen LogP contribution in [-0.2, 0) is 0 Å². The average molecular weight is 317 g/mol. The Bertz CT molecular complexity index is 791. The molecule has 1 heteroatoms. The Labute approximate surface area is 145 Å². The van der Waals surface area contributed by atoms with Gasteiger partial charge in [-0.15, -0.1) is 6.58 Å². The molecule has 0 spiro atoms. The van der Waals surface area contributed by atoms with E-state index in [1.54, 1.807) is 0 Å². The van der Waals surface area contributed by atoms with Gasteiger partial charge in [-0.3, -0.25) is 0 Å². The SMILES string of the molecule is C=CC(C)(CCC)NC1=CCCC=C1c1cccc2ccccc12. The number of fused-ring (bicyclic) bond motifs is 1. The monoisotopic (exact) mass is 317 g/mol. The molecule has 0 aromatic heterocycles. The van der Waals surface area contributed by atoms with Gasteiger partial charge in [0, 0.05) is 11.3 Å². The van der Waals surface area contributed by atoms with Gasteiger partial charge in [0.15, 0.2) is 0 Å². The molecule has 0 aliphatic heterocycles. The smallest absolute Gasteiger partial charge is 0.0525 e. The second kappa shape index (κ2) is 7.09. The maximum atomic E-state index is 4.06. The molecule has 1 nitrogen and oxygen atoms in total. The molecule has 0 saturated carbocycles. The van der Waals surface area contributed by atoms with Crippen LogP contribution in [0.15, 0.2) is 73.0 Å². The number of hydrogen-bond acceptors (Lipinski definition) is 1. The molecule has 124 valence electrons. The van der Waals surface area contributed by atoms with Gasteiger partial charge in [-0.1, -0.05) is 74.0 Å². The molecule has 1 atom stereocenters. The minimum absolute atomic E-state index is 0.0679. The van der Waals surface area contributed by atoms with Gasteiger partial charge in [-0.05, 0) is 42.5 Å². The molecule has 2 aromatic rings. The highest BCUT2D eigenvalue weighted by Crippen LogP contribution is 2.33. The molecule has 1 N–H and O–H groups in total. The highest BCUT2D eigenvalue weighted by molar-refractivity contribution is 5.97. The number of allylic oxidation sites excluding steroid dienone is 3. The zero-order chi connectivity index (χ0) is 17.0. The lowest BCUT2D eigenvalue weighted by atomic mass is 9.89. The molecule has 0 radical (unpaired) electrons. The van der Waals surface area contributed by atoms with Crippen LogP contribution in [0.5, 0.6) is 0 Å². The van der Waals surface area contributed by atoms with Gasteiger partial charge in [-0.25, -0.2) is 0 Å². The molecule has 1 aliphatic carbocycles. The Kier molecular flexibility index (Phi) is 4.89. The summed E-state index contributed by atoms with van der Waals surface area (Å²) in [7, 11) is 0. The Hall–Kier alpha value is -2.28. The number of rotatable bonds is 6. The van der Waals surface area contributed by atoms with Gasteiger partial charge in [0.1, 0.15) is 0 Å². The summed E-state index contributed by atoms with van der Waals surface area (Å²) in [5, 5.41) is 6.38. The van der Waals surface area contributed by atoms with Crippen molar-refractivity contribution in [3.63, 3.8) is 0 Å². The standard InChI is InChI=1S/C23H27N/c1-4-17-23(3,5-2)24-22-16-9-8-14-21(22)20-15-10-12-18-11-6-7-13-19(18)20/h5-7,10-16,24H,2,4,8-9,17H2,1,3H3. The van der Waals surface area contributed by atoms with Crippen LogP contribution in [0.25, 0.3) is 16.3 Å². The summed E-state index contributed by atoms with van der Waals surface area (Å²) in [6.45, 7) is 8.51. The quantitative estimate of drug-likeness (QED) is 0.622. The molecule has 3 rings (SSSR count). The summed E-state index contributed by atoms with van der Waals surface area (Å²) in [4.78, 5) is 0. The number of benzene rings is 2. The van der Waals surface area contributed by atoms with Crippen LogP contribution in [0.2, 0.25) is 0 Å². The zero-order valence-electron chi connectivity index (χ0n) is 14.8. The third-order valence-electron chi connectivity index (χ3n) is 4.87. The summed E-state index contributed by atoms with van der Waals surface area (Å²) in [5.41, 5.74) is 3.81. The molecule has 24 heavy (non-hydrogen) atoms. The zero-order valence-corrected chi connectivity index (χ0v) is 14.8. The molecule has 0 heterocycles. The number of hydrogen-bond donors (Lipinski definition) is 1. The van der Waals surface area contributed by atoms with E-state index in [1.807, 2.05) is 6.08 Å². The topological polar surface area (TPSA) is 12.0 Å². The van der Waals surface area contributed by atoms with Crippen molar-refractivity contribution < 1.29 is 0 Å². The van der Waals surface area contributed by atoms with Crippen molar-refractivity contribution in [1.29, 1.82) is 0 Å². The van der Waals surface area contributed by atoms with Crippen molar-refractivity contribution >= 4 is 16.3 Å². The Morgan fingerprint density at radius 2 is 1.83 bits per heavy atom. The van der Waals surface area contributed by atoms with Gasteiger partial charge < -0.3 is 5.32 Å². The van der Waals surface area contributed by atoms with Crippen molar-refractivity contribution in [3.8, 4) is 0 Å². The fourth-order valence-corrected chi connectivity index (χ4v) is 3.55. The lowest BCUT2D eigenvalue weighted by Crippen LogP contribution is -2.40. The molecule has 0 saturated heterocycles.